The van der Waals surface area contributed by atoms with E-state index in [4.69, 9.17) is 32.7 Å². The molecule has 5 heteroatoms. The van der Waals surface area contributed by atoms with Gasteiger partial charge in [0.2, 0.25) is 0 Å². The molecule has 2 aromatic carbocycles. The van der Waals surface area contributed by atoms with E-state index >= 15 is 0 Å². The lowest BCUT2D eigenvalue weighted by Crippen LogP contribution is -2.05. The molecule has 1 unspecified atom stereocenters. The van der Waals surface area contributed by atoms with Gasteiger partial charge in [0.05, 0.1) is 20.3 Å². The molecule has 0 amide bonds. The summed E-state index contributed by atoms with van der Waals surface area (Å²) in [5.74, 6) is 0.938. The molecule has 0 aliphatic heterocycles. The van der Waals surface area contributed by atoms with Crippen LogP contribution < -0.4 is 9.47 Å². The van der Waals surface area contributed by atoms with Crippen molar-refractivity contribution in [3.05, 3.63) is 57.6 Å². The summed E-state index contributed by atoms with van der Waals surface area (Å²) in [7, 11) is 3.05. The van der Waals surface area contributed by atoms with E-state index in [2.05, 4.69) is 0 Å². The molecule has 0 aliphatic carbocycles. The second-order valence-electron chi connectivity index (χ2n) is 4.55. The highest BCUT2D eigenvalue weighted by Crippen LogP contribution is 2.40. The third kappa shape index (κ3) is 3.62. The number of hydrogen-bond acceptors (Lipinski definition) is 3. The standard InChI is InChI=1S/C16H16Cl2O3/c1-20-14-8-7-12(16(21-2)15(14)18)13(19)9-10-3-5-11(17)6-4-10/h3-8,13,19H,9H2,1-2H3. The van der Waals surface area contributed by atoms with Crippen molar-refractivity contribution < 1.29 is 14.6 Å². The van der Waals surface area contributed by atoms with E-state index < -0.39 is 6.10 Å². The van der Waals surface area contributed by atoms with Crippen LogP contribution >= 0.6 is 23.2 Å². The van der Waals surface area contributed by atoms with Gasteiger partial charge < -0.3 is 14.6 Å². The normalized spacial score (nSPS) is 12.0. The Morgan fingerprint density at radius 1 is 1.00 bits per heavy atom. The smallest absolute Gasteiger partial charge is 0.147 e. The maximum atomic E-state index is 10.4. The number of halogens is 2. The number of rotatable bonds is 5. The molecule has 0 saturated carbocycles. The van der Waals surface area contributed by atoms with Crippen LogP contribution in [0.5, 0.6) is 11.5 Å². The summed E-state index contributed by atoms with van der Waals surface area (Å²) < 4.78 is 10.4. The van der Waals surface area contributed by atoms with Crippen LogP contribution in [-0.4, -0.2) is 19.3 Å². The van der Waals surface area contributed by atoms with Crippen LogP contribution in [0, 0.1) is 0 Å². The van der Waals surface area contributed by atoms with Crippen molar-refractivity contribution in [3.63, 3.8) is 0 Å². The summed E-state index contributed by atoms with van der Waals surface area (Å²) in [5.41, 5.74) is 1.60. The molecule has 2 aromatic rings. The number of aliphatic hydroxyl groups excluding tert-OH is 1. The minimum absolute atomic E-state index is 0.354. The second-order valence-corrected chi connectivity index (χ2v) is 5.37. The molecule has 2 rings (SSSR count). The fourth-order valence-electron chi connectivity index (χ4n) is 2.13. The van der Waals surface area contributed by atoms with Crippen molar-refractivity contribution in [1.29, 1.82) is 0 Å². The minimum atomic E-state index is -0.732. The van der Waals surface area contributed by atoms with Gasteiger partial charge in [0, 0.05) is 17.0 Å². The predicted octanol–water partition coefficient (Wildman–Crippen LogP) is 4.29. The van der Waals surface area contributed by atoms with Gasteiger partial charge >= 0.3 is 0 Å². The average Bonchev–Trinajstić information content (AvgIpc) is 2.49. The van der Waals surface area contributed by atoms with Crippen molar-refractivity contribution in [1.82, 2.24) is 0 Å². The molecule has 0 aliphatic rings. The Morgan fingerprint density at radius 2 is 1.67 bits per heavy atom. The van der Waals surface area contributed by atoms with Crippen LogP contribution in [0.2, 0.25) is 10.0 Å². The summed E-state index contributed by atoms with van der Waals surface area (Å²) in [5, 5.41) is 11.5. The van der Waals surface area contributed by atoms with Gasteiger partial charge in [-0.05, 0) is 29.8 Å². The molecule has 0 saturated heterocycles. The third-order valence-electron chi connectivity index (χ3n) is 3.22. The Balaban J connectivity index is 2.28. The van der Waals surface area contributed by atoms with Crippen LogP contribution in [0.15, 0.2) is 36.4 Å². The molecular weight excluding hydrogens is 311 g/mol. The Hall–Kier alpha value is -1.42. The summed E-state index contributed by atoms with van der Waals surface area (Å²) in [6.45, 7) is 0. The zero-order valence-electron chi connectivity index (χ0n) is 11.8. The largest absolute Gasteiger partial charge is 0.495 e. The van der Waals surface area contributed by atoms with Gasteiger partial charge in [-0.3, -0.25) is 0 Å². The molecule has 21 heavy (non-hydrogen) atoms. The molecular formula is C16H16Cl2O3. The van der Waals surface area contributed by atoms with E-state index in [1.165, 1.54) is 14.2 Å². The Kier molecular flexibility index (Phi) is 5.34. The highest BCUT2D eigenvalue weighted by molar-refractivity contribution is 6.33. The average molecular weight is 327 g/mol. The molecule has 1 N–H and O–H groups in total. The lowest BCUT2D eigenvalue weighted by Gasteiger charge is -2.17. The molecule has 1 atom stereocenters. The van der Waals surface area contributed by atoms with Gasteiger partial charge in [-0.2, -0.15) is 0 Å². The number of hydrogen-bond donors (Lipinski definition) is 1. The summed E-state index contributed by atoms with van der Waals surface area (Å²) in [6, 6.07) is 10.8. The first-order chi connectivity index (χ1) is 10.1. The van der Waals surface area contributed by atoms with E-state index in [0.29, 0.717) is 33.5 Å². The maximum Gasteiger partial charge on any atom is 0.147 e. The molecule has 0 heterocycles. The highest BCUT2D eigenvalue weighted by atomic mass is 35.5. The molecule has 0 aromatic heterocycles. The fourth-order valence-corrected chi connectivity index (χ4v) is 2.59. The van der Waals surface area contributed by atoms with Crippen LogP contribution in [0.3, 0.4) is 0 Å². The first-order valence-corrected chi connectivity index (χ1v) is 7.15. The van der Waals surface area contributed by atoms with Gasteiger partial charge in [-0.15, -0.1) is 0 Å². The van der Waals surface area contributed by atoms with Crippen LogP contribution in [0.25, 0.3) is 0 Å². The van der Waals surface area contributed by atoms with Crippen molar-refractivity contribution in [2.24, 2.45) is 0 Å². The van der Waals surface area contributed by atoms with Crippen LogP contribution in [-0.2, 0) is 6.42 Å². The molecule has 112 valence electrons. The van der Waals surface area contributed by atoms with Crippen molar-refractivity contribution in [2.75, 3.05) is 14.2 Å². The first-order valence-electron chi connectivity index (χ1n) is 6.39. The van der Waals surface area contributed by atoms with Gasteiger partial charge in [-0.25, -0.2) is 0 Å². The summed E-state index contributed by atoms with van der Waals surface area (Å²) >= 11 is 12.1. The van der Waals surface area contributed by atoms with Gasteiger partial charge in [0.1, 0.15) is 16.5 Å². The molecule has 3 nitrogen and oxygen atoms in total. The van der Waals surface area contributed by atoms with Crippen LogP contribution in [0.1, 0.15) is 17.2 Å². The number of ether oxygens (including phenoxy) is 2. The summed E-state index contributed by atoms with van der Waals surface area (Å²) in [6.07, 6.45) is -0.291. The van der Waals surface area contributed by atoms with E-state index in [1.807, 2.05) is 12.1 Å². The number of benzene rings is 2. The van der Waals surface area contributed by atoms with Gasteiger partial charge in [0.15, 0.2) is 0 Å². The van der Waals surface area contributed by atoms with E-state index in [-0.39, 0.29) is 0 Å². The van der Waals surface area contributed by atoms with Crippen molar-refractivity contribution in [3.8, 4) is 11.5 Å². The molecule has 0 bridgehead atoms. The SMILES string of the molecule is COc1ccc(C(O)Cc2ccc(Cl)cc2)c(OC)c1Cl. The van der Waals surface area contributed by atoms with E-state index in [1.54, 1.807) is 24.3 Å². The maximum absolute atomic E-state index is 10.4. The minimum Gasteiger partial charge on any atom is -0.495 e. The molecule has 0 radical (unpaired) electrons. The monoisotopic (exact) mass is 326 g/mol. The summed E-state index contributed by atoms with van der Waals surface area (Å²) in [4.78, 5) is 0. The predicted molar refractivity (Wildman–Crippen MR) is 84.7 cm³/mol. The van der Waals surface area contributed by atoms with Gasteiger partial charge in [-0.1, -0.05) is 35.3 Å². The lowest BCUT2D eigenvalue weighted by atomic mass is 10.0. The van der Waals surface area contributed by atoms with Gasteiger partial charge in [0.25, 0.3) is 0 Å². The zero-order valence-corrected chi connectivity index (χ0v) is 13.3. The number of aliphatic hydroxyl groups is 1. The molecule has 0 spiro atoms. The lowest BCUT2D eigenvalue weighted by molar-refractivity contribution is 0.174. The third-order valence-corrected chi connectivity index (χ3v) is 3.83. The first kappa shape index (κ1) is 16.0. The van der Waals surface area contributed by atoms with E-state index in [9.17, 15) is 5.11 Å². The topological polar surface area (TPSA) is 38.7 Å². The Morgan fingerprint density at radius 3 is 2.24 bits per heavy atom. The van der Waals surface area contributed by atoms with Crippen LogP contribution in [0.4, 0.5) is 0 Å². The van der Waals surface area contributed by atoms with Crippen molar-refractivity contribution in [2.45, 2.75) is 12.5 Å². The highest BCUT2D eigenvalue weighted by Gasteiger charge is 2.19. The molecule has 0 fully saturated rings. The zero-order chi connectivity index (χ0) is 15.4. The quantitative estimate of drug-likeness (QED) is 0.890. The number of methoxy groups -OCH3 is 2. The van der Waals surface area contributed by atoms with Crippen molar-refractivity contribution >= 4 is 23.2 Å². The Bertz CT molecular complexity index is 612. The van der Waals surface area contributed by atoms with E-state index in [0.717, 1.165) is 5.56 Å². The Labute approximate surface area is 134 Å². The second kappa shape index (κ2) is 7.03. The fraction of sp³-hybridized carbons (Fsp3) is 0.250.